The second kappa shape index (κ2) is 7.37. The van der Waals surface area contributed by atoms with E-state index in [1.807, 2.05) is 0 Å². The summed E-state index contributed by atoms with van der Waals surface area (Å²) in [7, 11) is 0. The van der Waals surface area contributed by atoms with Gasteiger partial charge in [-0.2, -0.15) is 0 Å². The van der Waals surface area contributed by atoms with Crippen LogP contribution in [-0.2, 0) is 11.3 Å². The molecule has 1 heterocycles. The molecule has 24 heavy (non-hydrogen) atoms. The molecule has 0 unspecified atom stereocenters. The Morgan fingerprint density at radius 2 is 1.79 bits per heavy atom. The van der Waals surface area contributed by atoms with Crippen molar-refractivity contribution in [3.05, 3.63) is 90.0 Å². The minimum Gasteiger partial charge on any atom is -0.457 e. The molecule has 0 atom stereocenters. The summed E-state index contributed by atoms with van der Waals surface area (Å²) in [4.78, 5) is 16.3. The molecular formula is C19H14FNO3. The number of carbonyl (C=O) groups excluding carboxylic acids is 1. The first-order chi connectivity index (χ1) is 11.7. The van der Waals surface area contributed by atoms with Gasteiger partial charge in [-0.25, -0.2) is 9.18 Å². The van der Waals surface area contributed by atoms with E-state index in [2.05, 4.69) is 4.98 Å². The molecule has 0 saturated heterocycles. The number of hydrogen-bond acceptors (Lipinski definition) is 4. The number of carbonyl (C=O) groups is 1. The fourth-order valence-corrected chi connectivity index (χ4v) is 2.07. The Kier molecular flexibility index (Phi) is 4.81. The largest absolute Gasteiger partial charge is 0.457 e. The normalized spacial score (nSPS) is 10.2. The Balaban J connectivity index is 1.71. The average Bonchev–Trinajstić information content (AvgIpc) is 2.62. The van der Waals surface area contributed by atoms with E-state index in [1.165, 1.54) is 12.1 Å². The molecule has 0 radical (unpaired) electrons. The Hall–Kier alpha value is -3.21. The predicted octanol–water partition coefficient (Wildman–Crippen LogP) is 4.37. The molecular weight excluding hydrogens is 309 g/mol. The molecule has 0 amide bonds. The smallest absolute Gasteiger partial charge is 0.342 e. The number of esters is 1. The third-order valence-electron chi connectivity index (χ3n) is 3.25. The Bertz CT molecular complexity index is 820. The van der Waals surface area contributed by atoms with Crippen molar-refractivity contribution in [2.45, 2.75) is 6.61 Å². The lowest BCUT2D eigenvalue weighted by molar-refractivity contribution is 0.0470. The van der Waals surface area contributed by atoms with E-state index in [4.69, 9.17) is 9.47 Å². The number of pyridine rings is 1. The zero-order chi connectivity index (χ0) is 16.8. The number of hydrogen-bond donors (Lipinski definition) is 0. The van der Waals surface area contributed by atoms with Crippen LogP contribution >= 0.6 is 0 Å². The topological polar surface area (TPSA) is 48.4 Å². The van der Waals surface area contributed by atoms with Gasteiger partial charge in [0.15, 0.2) is 0 Å². The standard InChI is InChI=1S/C19H14FNO3/c20-15-9-7-14(8-10-15)13-23-19(22)17-5-1-2-6-18(17)24-16-4-3-11-21-12-16/h1-12H,13H2. The predicted molar refractivity (Wildman–Crippen MR) is 86.3 cm³/mol. The molecule has 2 aromatic carbocycles. The van der Waals surface area contributed by atoms with Gasteiger partial charge in [-0.1, -0.05) is 24.3 Å². The van der Waals surface area contributed by atoms with Gasteiger partial charge in [0.1, 0.15) is 29.5 Å². The number of nitrogens with zero attached hydrogens (tertiary/aromatic N) is 1. The van der Waals surface area contributed by atoms with E-state index in [1.54, 1.807) is 60.9 Å². The van der Waals surface area contributed by atoms with Gasteiger partial charge < -0.3 is 9.47 Å². The SMILES string of the molecule is O=C(OCc1ccc(F)cc1)c1ccccc1Oc1cccnc1. The van der Waals surface area contributed by atoms with Crippen molar-refractivity contribution in [3.63, 3.8) is 0 Å². The number of rotatable bonds is 5. The van der Waals surface area contributed by atoms with E-state index in [9.17, 15) is 9.18 Å². The van der Waals surface area contributed by atoms with E-state index in [-0.39, 0.29) is 12.4 Å². The summed E-state index contributed by atoms with van der Waals surface area (Å²) >= 11 is 0. The molecule has 0 spiro atoms. The first kappa shape index (κ1) is 15.7. The number of para-hydroxylation sites is 1. The molecule has 1 aromatic heterocycles. The van der Waals surface area contributed by atoms with Crippen molar-refractivity contribution in [1.82, 2.24) is 4.98 Å². The van der Waals surface area contributed by atoms with Crippen LogP contribution in [0.2, 0.25) is 0 Å². The Morgan fingerprint density at radius 3 is 2.54 bits per heavy atom. The van der Waals surface area contributed by atoms with Crippen LogP contribution in [0, 0.1) is 5.82 Å². The maximum Gasteiger partial charge on any atom is 0.342 e. The molecule has 0 aliphatic rings. The third kappa shape index (κ3) is 3.95. The highest BCUT2D eigenvalue weighted by atomic mass is 19.1. The fraction of sp³-hybridized carbons (Fsp3) is 0.0526. The number of aromatic nitrogens is 1. The van der Waals surface area contributed by atoms with Gasteiger partial charge >= 0.3 is 5.97 Å². The fourth-order valence-electron chi connectivity index (χ4n) is 2.07. The maximum atomic E-state index is 12.9. The summed E-state index contributed by atoms with van der Waals surface area (Å²) in [5.74, 6) is 0.0602. The highest BCUT2D eigenvalue weighted by Crippen LogP contribution is 2.25. The number of benzene rings is 2. The van der Waals surface area contributed by atoms with Crippen molar-refractivity contribution < 1.29 is 18.7 Å². The zero-order valence-electron chi connectivity index (χ0n) is 12.7. The molecule has 5 heteroatoms. The molecule has 0 N–H and O–H groups in total. The van der Waals surface area contributed by atoms with Crippen LogP contribution in [-0.4, -0.2) is 11.0 Å². The van der Waals surface area contributed by atoms with Crippen molar-refractivity contribution in [1.29, 1.82) is 0 Å². The lowest BCUT2D eigenvalue weighted by Gasteiger charge is -2.10. The van der Waals surface area contributed by atoms with Gasteiger partial charge in [0.2, 0.25) is 0 Å². The van der Waals surface area contributed by atoms with Crippen LogP contribution in [0.5, 0.6) is 11.5 Å². The summed E-state index contributed by atoms with van der Waals surface area (Å²) < 4.78 is 23.8. The zero-order valence-corrected chi connectivity index (χ0v) is 12.7. The monoisotopic (exact) mass is 323 g/mol. The molecule has 4 nitrogen and oxygen atoms in total. The highest BCUT2D eigenvalue weighted by molar-refractivity contribution is 5.92. The van der Waals surface area contributed by atoms with Crippen molar-refractivity contribution in [2.24, 2.45) is 0 Å². The quantitative estimate of drug-likeness (QED) is 0.654. The van der Waals surface area contributed by atoms with Crippen molar-refractivity contribution in [2.75, 3.05) is 0 Å². The second-order valence-corrected chi connectivity index (χ2v) is 4.99. The highest BCUT2D eigenvalue weighted by Gasteiger charge is 2.14. The summed E-state index contributed by atoms with van der Waals surface area (Å²) in [6.45, 7) is 0.0559. The summed E-state index contributed by atoms with van der Waals surface area (Å²) in [6.07, 6.45) is 3.19. The lowest BCUT2D eigenvalue weighted by atomic mass is 10.2. The molecule has 3 rings (SSSR count). The van der Waals surface area contributed by atoms with Crippen LogP contribution in [0.4, 0.5) is 4.39 Å². The first-order valence-electron chi connectivity index (χ1n) is 7.31. The lowest BCUT2D eigenvalue weighted by Crippen LogP contribution is -2.07. The van der Waals surface area contributed by atoms with Crippen molar-refractivity contribution >= 4 is 5.97 Å². The van der Waals surface area contributed by atoms with E-state index in [0.29, 0.717) is 22.6 Å². The number of ether oxygens (including phenoxy) is 2. The minimum absolute atomic E-state index is 0.0559. The molecule has 0 aliphatic carbocycles. The molecule has 0 fully saturated rings. The van der Waals surface area contributed by atoms with Crippen molar-refractivity contribution in [3.8, 4) is 11.5 Å². The van der Waals surface area contributed by atoms with Gasteiger partial charge in [-0.05, 0) is 42.0 Å². The average molecular weight is 323 g/mol. The number of halogens is 1. The molecule has 3 aromatic rings. The molecule has 120 valence electrons. The molecule has 0 saturated carbocycles. The van der Waals surface area contributed by atoms with Crippen LogP contribution < -0.4 is 4.74 Å². The van der Waals surface area contributed by atoms with Gasteiger partial charge in [-0.15, -0.1) is 0 Å². The van der Waals surface area contributed by atoms with Crippen LogP contribution in [0.15, 0.2) is 73.1 Å². The summed E-state index contributed by atoms with van der Waals surface area (Å²) in [6, 6.07) is 16.1. The maximum absolute atomic E-state index is 12.9. The summed E-state index contributed by atoms with van der Waals surface area (Å²) in [5, 5.41) is 0. The van der Waals surface area contributed by atoms with Gasteiger partial charge in [-0.3, -0.25) is 4.98 Å². The van der Waals surface area contributed by atoms with Gasteiger partial charge in [0, 0.05) is 6.20 Å². The van der Waals surface area contributed by atoms with E-state index >= 15 is 0 Å². The van der Waals surface area contributed by atoms with E-state index < -0.39 is 5.97 Å². The molecule has 0 bridgehead atoms. The second-order valence-electron chi connectivity index (χ2n) is 4.99. The van der Waals surface area contributed by atoms with Crippen LogP contribution in [0.3, 0.4) is 0 Å². The van der Waals surface area contributed by atoms with Gasteiger partial charge in [0.25, 0.3) is 0 Å². The minimum atomic E-state index is -0.515. The van der Waals surface area contributed by atoms with Crippen LogP contribution in [0.1, 0.15) is 15.9 Å². The Morgan fingerprint density at radius 1 is 1.00 bits per heavy atom. The van der Waals surface area contributed by atoms with Gasteiger partial charge in [0.05, 0.1) is 6.20 Å². The van der Waals surface area contributed by atoms with Crippen LogP contribution in [0.25, 0.3) is 0 Å². The summed E-state index contributed by atoms with van der Waals surface area (Å²) in [5.41, 5.74) is 1.01. The molecule has 0 aliphatic heterocycles. The first-order valence-corrected chi connectivity index (χ1v) is 7.31. The third-order valence-corrected chi connectivity index (χ3v) is 3.25. The Labute approximate surface area is 138 Å². The van der Waals surface area contributed by atoms with E-state index in [0.717, 1.165) is 0 Å².